The molecule has 1 aromatic carbocycles. The zero-order valence-electron chi connectivity index (χ0n) is 14.2. The monoisotopic (exact) mass is 332 g/mol. The Kier molecular flexibility index (Phi) is 5.17. The number of carbonyl (C=O) groups is 2. The van der Waals surface area contributed by atoms with Gasteiger partial charge < -0.3 is 9.80 Å². The molecular formula is C19H25FN2O2. The number of halogens is 1. The number of benzene rings is 1. The number of rotatable bonds is 2. The molecule has 3 rings (SSSR count). The number of carbonyl (C=O) groups excluding carboxylic acids is 2. The van der Waals surface area contributed by atoms with Crippen LogP contribution in [0.25, 0.3) is 0 Å². The van der Waals surface area contributed by atoms with Crippen molar-refractivity contribution >= 4 is 11.8 Å². The zero-order chi connectivity index (χ0) is 17.1. The number of amides is 2. The molecule has 2 heterocycles. The standard InChI is InChI=1S/C19H25FN2O2/c1-14-8-11-21(12-9-14)19(24)16-3-2-10-22(13-16)18(23)15-4-6-17(20)7-5-15/h4-7,14,16H,2-3,8-13H2,1H3/t16-/m1/s1. The third-order valence-corrected chi connectivity index (χ3v) is 5.24. The molecule has 24 heavy (non-hydrogen) atoms. The van der Waals surface area contributed by atoms with E-state index < -0.39 is 0 Å². The summed E-state index contributed by atoms with van der Waals surface area (Å²) in [6.45, 7) is 5.04. The fourth-order valence-corrected chi connectivity index (χ4v) is 3.63. The third kappa shape index (κ3) is 3.77. The molecule has 1 aromatic rings. The maximum absolute atomic E-state index is 13.0. The summed E-state index contributed by atoms with van der Waals surface area (Å²) in [6.07, 6.45) is 3.82. The van der Waals surface area contributed by atoms with Crippen LogP contribution in [0, 0.1) is 17.7 Å². The van der Waals surface area contributed by atoms with Gasteiger partial charge in [-0.25, -0.2) is 4.39 Å². The summed E-state index contributed by atoms with van der Waals surface area (Å²) >= 11 is 0. The van der Waals surface area contributed by atoms with E-state index in [0.29, 0.717) is 24.6 Å². The number of hydrogen-bond donors (Lipinski definition) is 0. The molecule has 0 aliphatic carbocycles. The second kappa shape index (κ2) is 7.32. The summed E-state index contributed by atoms with van der Waals surface area (Å²) in [5.41, 5.74) is 0.483. The van der Waals surface area contributed by atoms with Crippen LogP contribution in [-0.2, 0) is 4.79 Å². The first kappa shape index (κ1) is 16.9. The van der Waals surface area contributed by atoms with E-state index in [0.717, 1.165) is 38.8 Å². The first-order chi connectivity index (χ1) is 11.5. The van der Waals surface area contributed by atoms with Crippen molar-refractivity contribution in [1.82, 2.24) is 9.80 Å². The van der Waals surface area contributed by atoms with Gasteiger partial charge in [0.05, 0.1) is 5.92 Å². The maximum atomic E-state index is 13.0. The number of likely N-dealkylation sites (tertiary alicyclic amines) is 2. The van der Waals surface area contributed by atoms with Crippen molar-refractivity contribution in [3.63, 3.8) is 0 Å². The molecule has 0 saturated carbocycles. The van der Waals surface area contributed by atoms with E-state index in [1.54, 1.807) is 4.90 Å². The summed E-state index contributed by atoms with van der Waals surface area (Å²) in [4.78, 5) is 29.0. The van der Waals surface area contributed by atoms with Crippen LogP contribution in [0.3, 0.4) is 0 Å². The van der Waals surface area contributed by atoms with E-state index in [4.69, 9.17) is 0 Å². The first-order valence-electron chi connectivity index (χ1n) is 8.88. The van der Waals surface area contributed by atoms with E-state index in [9.17, 15) is 14.0 Å². The highest BCUT2D eigenvalue weighted by atomic mass is 19.1. The average Bonchev–Trinajstić information content (AvgIpc) is 2.62. The molecule has 2 fully saturated rings. The van der Waals surface area contributed by atoms with Gasteiger partial charge >= 0.3 is 0 Å². The minimum Gasteiger partial charge on any atom is -0.342 e. The molecule has 0 bridgehead atoms. The van der Waals surface area contributed by atoms with Crippen molar-refractivity contribution < 1.29 is 14.0 Å². The van der Waals surface area contributed by atoms with Crippen LogP contribution in [0.4, 0.5) is 4.39 Å². The number of piperidine rings is 2. The van der Waals surface area contributed by atoms with E-state index >= 15 is 0 Å². The van der Waals surface area contributed by atoms with Gasteiger partial charge in [0.25, 0.3) is 5.91 Å². The highest BCUT2D eigenvalue weighted by Crippen LogP contribution is 2.24. The van der Waals surface area contributed by atoms with Crippen molar-refractivity contribution in [2.24, 2.45) is 11.8 Å². The largest absolute Gasteiger partial charge is 0.342 e. The number of hydrogen-bond acceptors (Lipinski definition) is 2. The minimum absolute atomic E-state index is 0.100. The molecular weight excluding hydrogens is 307 g/mol. The fourth-order valence-electron chi connectivity index (χ4n) is 3.63. The van der Waals surface area contributed by atoms with Gasteiger partial charge in [-0.15, -0.1) is 0 Å². The predicted octanol–water partition coefficient (Wildman–Crippen LogP) is 2.94. The van der Waals surface area contributed by atoms with E-state index in [1.165, 1.54) is 24.3 Å². The van der Waals surface area contributed by atoms with E-state index in [2.05, 4.69) is 6.92 Å². The van der Waals surface area contributed by atoms with E-state index in [1.807, 2.05) is 4.90 Å². The second-order valence-corrected chi connectivity index (χ2v) is 7.11. The Hall–Kier alpha value is -1.91. The van der Waals surface area contributed by atoms with Gasteiger partial charge in [0, 0.05) is 31.7 Å². The Balaban J connectivity index is 1.62. The van der Waals surface area contributed by atoms with Crippen LogP contribution in [0.15, 0.2) is 24.3 Å². The van der Waals surface area contributed by atoms with Crippen molar-refractivity contribution in [2.75, 3.05) is 26.2 Å². The lowest BCUT2D eigenvalue weighted by molar-refractivity contribution is -0.138. The van der Waals surface area contributed by atoms with Crippen LogP contribution in [0.1, 0.15) is 43.0 Å². The summed E-state index contributed by atoms with van der Waals surface area (Å²) in [5.74, 6) is 0.323. The lowest BCUT2D eigenvalue weighted by atomic mass is 9.93. The molecule has 2 saturated heterocycles. The second-order valence-electron chi connectivity index (χ2n) is 7.11. The molecule has 0 N–H and O–H groups in total. The van der Waals surface area contributed by atoms with Gasteiger partial charge in [0.15, 0.2) is 0 Å². The minimum atomic E-state index is -0.349. The van der Waals surface area contributed by atoms with Crippen molar-refractivity contribution in [1.29, 1.82) is 0 Å². The normalized spacial score (nSPS) is 22.5. The highest BCUT2D eigenvalue weighted by Gasteiger charge is 2.32. The summed E-state index contributed by atoms with van der Waals surface area (Å²) in [5, 5.41) is 0. The quantitative estimate of drug-likeness (QED) is 0.835. The number of nitrogens with zero attached hydrogens (tertiary/aromatic N) is 2. The van der Waals surface area contributed by atoms with Crippen molar-refractivity contribution in [3.05, 3.63) is 35.6 Å². The van der Waals surface area contributed by atoms with Gasteiger partial charge in [0.1, 0.15) is 5.82 Å². The molecule has 1 atom stereocenters. The van der Waals surface area contributed by atoms with Crippen LogP contribution < -0.4 is 0 Å². The van der Waals surface area contributed by atoms with Gasteiger partial charge in [-0.2, -0.15) is 0 Å². The third-order valence-electron chi connectivity index (χ3n) is 5.24. The van der Waals surface area contributed by atoms with Gasteiger partial charge in [-0.1, -0.05) is 6.92 Å². The van der Waals surface area contributed by atoms with E-state index in [-0.39, 0.29) is 23.5 Å². The molecule has 0 unspecified atom stereocenters. The zero-order valence-corrected chi connectivity index (χ0v) is 14.2. The van der Waals surface area contributed by atoms with Gasteiger partial charge in [-0.3, -0.25) is 9.59 Å². The Morgan fingerprint density at radius 3 is 2.33 bits per heavy atom. The SMILES string of the molecule is CC1CCN(C(=O)[C@@H]2CCCN(C(=O)c3ccc(F)cc3)C2)CC1. The summed E-state index contributed by atoms with van der Waals surface area (Å²) < 4.78 is 13.0. The fraction of sp³-hybridized carbons (Fsp3) is 0.579. The smallest absolute Gasteiger partial charge is 0.253 e. The Morgan fingerprint density at radius 2 is 1.67 bits per heavy atom. The molecule has 130 valence electrons. The molecule has 2 amide bonds. The van der Waals surface area contributed by atoms with Crippen LogP contribution in [-0.4, -0.2) is 47.8 Å². The lowest BCUT2D eigenvalue weighted by Gasteiger charge is -2.37. The molecule has 0 radical (unpaired) electrons. The Bertz CT molecular complexity index is 594. The van der Waals surface area contributed by atoms with Crippen molar-refractivity contribution in [2.45, 2.75) is 32.6 Å². The van der Waals surface area contributed by atoms with Crippen LogP contribution >= 0.6 is 0 Å². The Morgan fingerprint density at radius 1 is 1.00 bits per heavy atom. The summed E-state index contributed by atoms with van der Waals surface area (Å²) in [7, 11) is 0. The maximum Gasteiger partial charge on any atom is 0.253 e. The van der Waals surface area contributed by atoms with Crippen molar-refractivity contribution in [3.8, 4) is 0 Å². The summed E-state index contributed by atoms with van der Waals surface area (Å²) in [6, 6.07) is 5.62. The Labute approximate surface area is 142 Å². The molecule has 0 aromatic heterocycles. The molecule has 0 spiro atoms. The molecule has 4 nitrogen and oxygen atoms in total. The average molecular weight is 332 g/mol. The lowest BCUT2D eigenvalue weighted by Crippen LogP contribution is -2.48. The van der Waals surface area contributed by atoms with Crippen LogP contribution in [0.5, 0.6) is 0 Å². The van der Waals surface area contributed by atoms with Gasteiger partial charge in [-0.05, 0) is 55.9 Å². The molecule has 2 aliphatic rings. The molecule has 5 heteroatoms. The predicted molar refractivity (Wildman–Crippen MR) is 90.0 cm³/mol. The van der Waals surface area contributed by atoms with Crippen LogP contribution in [0.2, 0.25) is 0 Å². The molecule has 2 aliphatic heterocycles. The highest BCUT2D eigenvalue weighted by molar-refractivity contribution is 5.94. The topological polar surface area (TPSA) is 40.6 Å². The first-order valence-corrected chi connectivity index (χ1v) is 8.88. The van der Waals surface area contributed by atoms with Gasteiger partial charge in [0.2, 0.25) is 5.91 Å².